The molecule has 0 spiro atoms. The smallest absolute Gasteiger partial charge is 0.226 e. The molecule has 1 aliphatic heterocycles. The number of carbonyl (C=O) groups is 1. The Morgan fingerprint density at radius 3 is 2.50 bits per heavy atom. The number of benzene rings is 2. The van der Waals surface area contributed by atoms with Crippen molar-refractivity contribution in [1.82, 2.24) is 4.90 Å². The maximum absolute atomic E-state index is 12.5. The quantitative estimate of drug-likeness (QED) is 0.794. The van der Waals surface area contributed by atoms with Crippen LogP contribution in [-0.4, -0.2) is 43.2 Å². The largest absolute Gasteiger partial charge is 0.375 e. The fourth-order valence-electron chi connectivity index (χ4n) is 3.42. The molecule has 3 rings (SSSR count). The van der Waals surface area contributed by atoms with Crippen molar-refractivity contribution < 1.29 is 9.53 Å². The lowest BCUT2D eigenvalue weighted by Gasteiger charge is -2.29. The molecule has 1 aliphatic rings. The third-order valence-corrected chi connectivity index (χ3v) is 4.74. The van der Waals surface area contributed by atoms with Gasteiger partial charge in [0.1, 0.15) is 0 Å². The molecule has 4 nitrogen and oxygen atoms in total. The van der Waals surface area contributed by atoms with Gasteiger partial charge in [0, 0.05) is 38.3 Å². The van der Waals surface area contributed by atoms with Crippen LogP contribution < -0.4 is 4.90 Å². The molecular weight excluding hydrogens is 324 g/mol. The van der Waals surface area contributed by atoms with Crippen LogP contribution in [0.5, 0.6) is 0 Å². The molecule has 0 N–H and O–H groups in total. The summed E-state index contributed by atoms with van der Waals surface area (Å²) in [5.74, 6) is 0.138. The van der Waals surface area contributed by atoms with Crippen molar-refractivity contribution in [2.75, 3.05) is 31.1 Å². The third-order valence-electron chi connectivity index (χ3n) is 4.74. The Balaban J connectivity index is 1.68. The van der Waals surface area contributed by atoms with E-state index in [0.717, 1.165) is 38.3 Å². The van der Waals surface area contributed by atoms with Crippen LogP contribution in [-0.2, 0) is 16.1 Å². The van der Waals surface area contributed by atoms with Crippen molar-refractivity contribution in [3.8, 4) is 0 Å². The average molecular weight is 352 g/mol. The summed E-state index contributed by atoms with van der Waals surface area (Å²) >= 11 is 0. The van der Waals surface area contributed by atoms with E-state index in [-0.39, 0.29) is 12.0 Å². The topological polar surface area (TPSA) is 32.8 Å². The fourth-order valence-corrected chi connectivity index (χ4v) is 3.42. The van der Waals surface area contributed by atoms with Crippen LogP contribution in [0.1, 0.15) is 25.3 Å². The molecule has 2 aromatic carbocycles. The maximum atomic E-state index is 12.5. The number of para-hydroxylation sites is 1. The molecule has 1 unspecified atom stereocenters. The summed E-state index contributed by atoms with van der Waals surface area (Å²) in [4.78, 5) is 16.8. The summed E-state index contributed by atoms with van der Waals surface area (Å²) in [6.45, 7) is 6.05. The molecule has 2 aromatic rings. The first-order valence-corrected chi connectivity index (χ1v) is 9.49. The standard InChI is InChI=1S/C22H28N2O2/c1-2-22(25)24(20-12-7-4-8-13-20)18-21-17-23(14-9-15-26-21)16-19-10-5-3-6-11-19/h3-8,10-13,21H,2,9,14-18H2,1H3. The van der Waals surface area contributed by atoms with Crippen LogP contribution in [0.3, 0.4) is 0 Å². The van der Waals surface area contributed by atoms with Gasteiger partial charge < -0.3 is 9.64 Å². The highest BCUT2D eigenvalue weighted by Gasteiger charge is 2.24. The normalized spacial score (nSPS) is 18.3. The summed E-state index contributed by atoms with van der Waals surface area (Å²) in [5.41, 5.74) is 2.26. The minimum Gasteiger partial charge on any atom is -0.375 e. The Morgan fingerprint density at radius 2 is 1.81 bits per heavy atom. The second-order valence-electron chi connectivity index (χ2n) is 6.76. The van der Waals surface area contributed by atoms with E-state index in [9.17, 15) is 4.79 Å². The van der Waals surface area contributed by atoms with E-state index in [1.54, 1.807) is 0 Å². The third kappa shape index (κ3) is 5.16. The van der Waals surface area contributed by atoms with Crippen LogP contribution in [0.2, 0.25) is 0 Å². The predicted molar refractivity (Wildman–Crippen MR) is 105 cm³/mol. The van der Waals surface area contributed by atoms with E-state index in [1.807, 2.05) is 48.2 Å². The summed E-state index contributed by atoms with van der Waals surface area (Å²) in [7, 11) is 0. The number of hydrogen-bond donors (Lipinski definition) is 0. The molecular formula is C22H28N2O2. The van der Waals surface area contributed by atoms with Gasteiger partial charge in [0.05, 0.1) is 12.6 Å². The predicted octanol–water partition coefficient (Wildman–Crippen LogP) is 3.72. The number of anilines is 1. The number of carbonyl (C=O) groups excluding carboxylic acids is 1. The van der Waals surface area contributed by atoms with Crippen molar-refractivity contribution in [2.24, 2.45) is 0 Å². The van der Waals surface area contributed by atoms with Gasteiger partial charge in [0.2, 0.25) is 5.91 Å². The Morgan fingerprint density at radius 1 is 1.12 bits per heavy atom. The lowest BCUT2D eigenvalue weighted by molar-refractivity contribution is -0.118. The zero-order valence-electron chi connectivity index (χ0n) is 15.5. The molecule has 4 heteroatoms. The van der Waals surface area contributed by atoms with Gasteiger partial charge in [-0.2, -0.15) is 0 Å². The van der Waals surface area contributed by atoms with Gasteiger partial charge in [-0.05, 0) is 24.1 Å². The summed E-state index contributed by atoms with van der Waals surface area (Å²) in [6, 6.07) is 20.4. The van der Waals surface area contributed by atoms with Crippen molar-refractivity contribution in [3.63, 3.8) is 0 Å². The molecule has 0 saturated carbocycles. The fraction of sp³-hybridized carbons (Fsp3) is 0.409. The minimum absolute atomic E-state index is 0.0249. The SMILES string of the molecule is CCC(=O)N(CC1CN(Cc2ccccc2)CCCO1)c1ccccc1. The van der Waals surface area contributed by atoms with E-state index >= 15 is 0 Å². The van der Waals surface area contributed by atoms with Gasteiger partial charge in [-0.1, -0.05) is 55.5 Å². The highest BCUT2D eigenvalue weighted by atomic mass is 16.5. The molecule has 0 aliphatic carbocycles. The number of amides is 1. The zero-order chi connectivity index (χ0) is 18.2. The molecule has 1 atom stereocenters. The van der Waals surface area contributed by atoms with Crippen LogP contribution in [0, 0.1) is 0 Å². The number of ether oxygens (including phenoxy) is 1. The molecule has 1 fully saturated rings. The lowest BCUT2D eigenvalue weighted by Crippen LogP contribution is -2.42. The average Bonchev–Trinajstić information content (AvgIpc) is 2.92. The first-order valence-electron chi connectivity index (χ1n) is 9.49. The Bertz CT molecular complexity index is 675. The second kappa shape index (κ2) is 9.51. The second-order valence-corrected chi connectivity index (χ2v) is 6.76. The summed E-state index contributed by atoms with van der Waals surface area (Å²) in [5, 5.41) is 0. The van der Waals surface area contributed by atoms with E-state index in [0.29, 0.717) is 13.0 Å². The van der Waals surface area contributed by atoms with Gasteiger partial charge in [-0.15, -0.1) is 0 Å². The molecule has 0 radical (unpaired) electrons. The van der Waals surface area contributed by atoms with Crippen LogP contribution in [0.25, 0.3) is 0 Å². The van der Waals surface area contributed by atoms with Crippen LogP contribution in [0.4, 0.5) is 5.69 Å². The number of hydrogen-bond acceptors (Lipinski definition) is 3. The van der Waals surface area contributed by atoms with E-state index < -0.39 is 0 Å². The Labute approximate surface area is 156 Å². The van der Waals surface area contributed by atoms with Crippen molar-refractivity contribution >= 4 is 11.6 Å². The van der Waals surface area contributed by atoms with Gasteiger partial charge in [-0.3, -0.25) is 9.69 Å². The Hall–Kier alpha value is -2.17. The van der Waals surface area contributed by atoms with Gasteiger partial charge in [0.15, 0.2) is 0 Å². The van der Waals surface area contributed by atoms with Gasteiger partial charge >= 0.3 is 0 Å². The van der Waals surface area contributed by atoms with Crippen LogP contribution >= 0.6 is 0 Å². The van der Waals surface area contributed by atoms with Crippen molar-refractivity contribution in [1.29, 1.82) is 0 Å². The Kier molecular flexibility index (Phi) is 6.81. The highest BCUT2D eigenvalue weighted by molar-refractivity contribution is 5.93. The molecule has 1 heterocycles. The molecule has 26 heavy (non-hydrogen) atoms. The van der Waals surface area contributed by atoms with Crippen LogP contribution in [0.15, 0.2) is 60.7 Å². The molecule has 138 valence electrons. The van der Waals surface area contributed by atoms with E-state index in [4.69, 9.17) is 4.74 Å². The first-order chi connectivity index (χ1) is 12.8. The minimum atomic E-state index is 0.0249. The highest BCUT2D eigenvalue weighted by Crippen LogP contribution is 2.18. The monoisotopic (exact) mass is 352 g/mol. The summed E-state index contributed by atoms with van der Waals surface area (Å²) < 4.78 is 6.08. The van der Waals surface area contributed by atoms with Crippen molar-refractivity contribution in [2.45, 2.75) is 32.4 Å². The van der Waals surface area contributed by atoms with E-state index in [1.165, 1.54) is 5.56 Å². The molecule has 0 aromatic heterocycles. The van der Waals surface area contributed by atoms with E-state index in [2.05, 4.69) is 29.2 Å². The number of nitrogens with zero attached hydrogens (tertiary/aromatic N) is 2. The first kappa shape index (κ1) is 18.6. The lowest BCUT2D eigenvalue weighted by atomic mass is 10.2. The molecule has 1 saturated heterocycles. The molecule has 1 amide bonds. The zero-order valence-corrected chi connectivity index (χ0v) is 15.5. The maximum Gasteiger partial charge on any atom is 0.226 e. The van der Waals surface area contributed by atoms with Gasteiger partial charge in [-0.25, -0.2) is 0 Å². The van der Waals surface area contributed by atoms with Crippen molar-refractivity contribution in [3.05, 3.63) is 66.2 Å². The summed E-state index contributed by atoms with van der Waals surface area (Å²) in [6.07, 6.45) is 1.54. The molecule has 0 bridgehead atoms. The number of rotatable bonds is 6. The van der Waals surface area contributed by atoms with Gasteiger partial charge in [0.25, 0.3) is 0 Å².